The molecule has 138 valence electrons. The first kappa shape index (κ1) is 18.1. The summed E-state index contributed by atoms with van der Waals surface area (Å²) in [7, 11) is 0. The number of amides is 1. The molecule has 0 fully saturated rings. The topological polar surface area (TPSA) is 54.9 Å². The van der Waals surface area contributed by atoms with Crippen molar-refractivity contribution >= 4 is 17.2 Å². The number of benzene rings is 2. The number of nitrogens with one attached hydrogen (secondary N) is 1. The number of carbonyl (C=O) groups excluding carboxylic acids is 1. The van der Waals surface area contributed by atoms with E-state index in [1.807, 2.05) is 77.5 Å². The number of carbonyl (C=O) groups is 1. The third-order valence-corrected chi connectivity index (χ3v) is 5.21. The van der Waals surface area contributed by atoms with Crippen molar-refractivity contribution in [3.63, 3.8) is 0 Å². The Morgan fingerprint density at radius 1 is 0.893 bits per heavy atom. The molecule has 0 aliphatic heterocycles. The lowest BCUT2D eigenvalue weighted by Crippen LogP contribution is -2.30. The number of aromatic nitrogens is 2. The summed E-state index contributed by atoms with van der Waals surface area (Å²) in [5.41, 5.74) is 4.51. The predicted molar refractivity (Wildman–Crippen MR) is 112 cm³/mol. The third kappa shape index (κ3) is 4.00. The van der Waals surface area contributed by atoms with Crippen LogP contribution in [-0.4, -0.2) is 15.9 Å². The molecule has 4 rings (SSSR count). The minimum Gasteiger partial charge on any atom is -0.350 e. The zero-order valence-corrected chi connectivity index (χ0v) is 16.0. The molecule has 0 unspecified atom stereocenters. The standard InChI is InChI=1S/C23H19N3OS/c27-23(21(17-7-3-1-4-8-17)18-9-5-2-6-10-18)26-15-20-22(25-13-12-24-20)19-11-14-28-16-19/h1-14,16,21H,15H2,(H,26,27). The Hall–Kier alpha value is -3.31. The van der Waals surface area contributed by atoms with E-state index in [0.29, 0.717) is 6.54 Å². The molecular weight excluding hydrogens is 366 g/mol. The van der Waals surface area contributed by atoms with E-state index in [0.717, 1.165) is 28.1 Å². The van der Waals surface area contributed by atoms with Gasteiger partial charge in [0.1, 0.15) is 0 Å². The average Bonchev–Trinajstić information content (AvgIpc) is 3.29. The fourth-order valence-corrected chi connectivity index (χ4v) is 3.84. The van der Waals surface area contributed by atoms with Gasteiger partial charge in [0.15, 0.2) is 0 Å². The predicted octanol–water partition coefficient (Wildman–Crippen LogP) is 4.65. The fourth-order valence-electron chi connectivity index (χ4n) is 3.20. The van der Waals surface area contributed by atoms with Crippen molar-refractivity contribution in [2.45, 2.75) is 12.5 Å². The summed E-state index contributed by atoms with van der Waals surface area (Å²) in [4.78, 5) is 22.1. The van der Waals surface area contributed by atoms with Crippen molar-refractivity contribution in [2.24, 2.45) is 0 Å². The van der Waals surface area contributed by atoms with Crippen LogP contribution in [0.2, 0.25) is 0 Å². The number of nitrogens with zero attached hydrogens (tertiary/aromatic N) is 2. The second-order valence-corrected chi connectivity index (χ2v) is 7.12. The molecule has 1 amide bonds. The van der Waals surface area contributed by atoms with E-state index < -0.39 is 0 Å². The molecule has 4 aromatic rings. The molecule has 0 saturated heterocycles. The van der Waals surface area contributed by atoms with Gasteiger partial charge < -0.3 is 5.32 Å². The summed E-state index contributed by atoms with van der Waals surface area (Å²) in [5, 5.41) is 7.10. The van der Waals surface area contributed by atoms with Gasteiger partial charge in [0.05, 0.1) is 23.9 Å². The molecule has 0 atom stereocenters. The van der Waals surface area contributed by atoms with E-state index in [4.69, 9.17) is 0 Å². The zero-order valence-electron chi connectivity index (χ0n) is 15.2. The molecule has 1 N–H and O–H groups in total. The van der Waals surface area contributed by atoms with Crippen LogP contribution < -0.4 is 5.32 Å². The van der Waals surface area contributed by atoms with Crippen LogP contribution in [0.5, 0.6) is 0 Å². The monoisotopic (exact) mass is 385 g/mol. The second kappa shape index (κ2) is 8.59. The van der Waals surface area contributed by atoms with E-state index in [1.54, 1.807) is 23.7 Å². The molecule has 0 saturated carbocycles. The Morgan fingerprint density at radius 2 is 1.54 bits per heavy atom. The second-order valence-electron chi connectivity index (χ2n) is 6.34. The quantitative estimate of drug-likeness (QED) is 0.525. The minimum atomic E-state index is -0.372. The number of hydrogen-bond acceptors (Lipinski definition) is 4. The van der Waals surface area contributed by atoms with Crippen molar-refractivity contribution < 1.29 is 4.79 Å². The largest absolute Gasteiger partial charge is 0.350 e. The number of hydrogen-bond donors (Lipinski definition) is 1. The SMILES string of the molecule is O=C(NCc1nccnc1-c1ccsc1)C(c1ccccc1)c1ccccc1. The highest BCUT2D eigenvalue weighted by atomic mass is 32.1. The van der Waals surface area contributed by atoms with Gasteiger partial charge in [-0.25, -0.2) is 0 Å². The van der Waals surface area contributed by atoms with Crippen LogP contribution in [-0.2, 0) is 11.3 Å². The highest BCUT2D eigenvalue weighted by Gasteiger charge is 2.22. The molecule has 5 heteroatoms. The fraction of sp³-hybridized carbons (Fsp3) is 0.0870. The molecular formula is C23H19N3OS. The third-order valence-electron chi connectivity index (χ3n) is 4.53. The first-order valence-corrected chi connectivity index (χ1v) is 9.97. The van der Waals surface area contributed by atoms with E-state index >= 15 is 0 Å². The van der Waals surface area contributed by atoms with Gasteiger partial charge in [-0.1, -0.05) is 60.7 Å². The molecule has 0 radical (unpaired) electrons. The molecule has 2 aromatic heterocycles. The zero-order chi connectivity index (χ0) is 19.2. The van der Waals surface area contributed by atoms with E-state index in [1.165, 1.54) is 0 Å². The van der Waals surface area contributed by atoms with Gasteiger partial charge in [0, 0.05) is 23.3 Å². The molecule has 2 aromatic carbocycles. The Kier molecular flexibility index (Phi) is 5.54. The molecule has 0 spiro atoms. The lowest BCUT2D eigenvalue weighted by Gasteiger charge is -2.18. The van der Waals surface area contributed by atoms with Gasteiger partial charge in [-0.3, -0.25) is 14.8 Å². The van der Waals surface area contributed by atoms with E-state index in [9.17, 15) is 4.79 Å². The Morgan fingerprint density at radius 3 is 2.14 bits per heavy atom. The van der Waals surface area contributed by atoms with Gasteiger partial charge >= 0.3 is 0 Å². The summed E-state index contributed by atoms with van der Waals surface area (Å²) in [6.45, 7) is 0.327. The van der Waals surface area contributed by atoms with Crippen molar-refractivity contribution in [3.8, 4) is 11.3 Å². The summed E-state index contributed by atoms with van der Waals surface area (Å²) in [6.07, 6.45) is 3.33. The van der Waals surface area contributed by atoms with Crippen LogP contribution in [0.4, 0.5) is 0 Å². The van der Waals surface area contributed by atoms with Crippen LogP contribution in [0.1, 0.15) is 22.7 Å². The van der Waals surface area contributed by atoms with Crippen molar-refractivity contribution in [1.82, 2.24) is 15.3 Å². The molecule has 28 heavy (non-hydrogen) atoms. The number of rotatable bonds is 6. The molecule has 0 bridgehead atoms. The molecule has 0 aliphatic carbocycles. The van der Waals surface area contributed by atoms with Gasteiger partial charge in [-0.2, -0.15) is 11.3 Å². The maximum absolute atomic E-state index is 13.2. The molecule has 4 nitrogen and oxygen atoms in total. The van der Waals surface area contributed by atoms with Gasteiger partial charge in [-0.15, -0.1) is 0 Å². The first-order chi connectivity index (χ1) is 13.8. The first-order valence-electron chi connectivity index (χ1n) is 9.03. The normalized spacial score (nSPS) is 10.8. The molecule has 0 aliphatic rings. The van der Waals surface area contributed by atoms with Crippen LogP contribution in [0.3, 0.4) is 0 Å². The van der Waals surface area contributed by atoms with E-state index in [-0.39, 0.29) is 11.8 Å². The Balaban J connectivity index is 1.58. The van der Waals surface area contributed by atoms with Crippen LogP contribution in [0.25, 0.3) is 11.3 Å². The maximum Gasteiger partial charge on any atom is 0.232 e. The number of thiophene rings is 1. The van der Waals surface area contributed by atoms with Crippen LogP contribution in [0.15, 0.2) is 89.9 Å². The van der Waals surface area contributed by atoms with Gasteiger partial charge in [0.25, 0.3) is 0 Å². The summed E-state index contributed by atoms with van der Waals surface area (Å²) < 4.78 is 0. The van der Waals surface area contributed by atoms with Crippen molar-refractivity contribution in [2.75, 3.05) is 0 Å². The summed E-state index contributed by atoms with van der Waals surface area (Å²) in [5.74, 6) is -0.428. The Labute approximate surface area is 167 Å². The lowest BCUT2D eigenvalue weighted by molar-refractivity contribution is -0.121. The summed E-state index contributed by atoms with van der Waals surface area (Å²) >= 11 is 1.61. The highest BCUT2D eigenvalue weighted by Crippen LogP contribution is 2.26. The van der Waals surface area contributed by atoms with Crippen molar-refractivity contribution in [3.05, 3.63) is 107 Å². The minimum absolute atomic E-state index is 0.0562. The molecule has 2 heterocycles. The van der Waals surface area contributed by atoms with Crippen molar-refractivity contribution in [1.29, 1.82) is 0 Å². The van der Waals surface area contributed by atoms with E-state index in [2.05, 4.69) is 15.3 Å². The smallest absolute Gasteiger partial charge is 0.232 e. The van der Waals surface area contributed by atoms with Crippen LogP contribution >= 0.6 is 11.3 Å². The highest BCUT2D eigenvalue weighted by molar-refractivity contribution is 7.08. The Bertz CT molecular complexity index is 994. The summed E-state index contributed by atoms with van der Waals surface area (Å²) in [6, 6.07) is 21.7. The lowest BCUT2D eigenvalue weighted by atomic mass is 9.90. The van der Waals surface area contributed by atoms with Crippen LogP contribution in [0, 0.1) is 0 Å². The van der Waals surface area contributed by atoms with Gasteiger partial charge in [0.2, 0.25) is 5.91 Å². The van der Waals surface area contributed by atoms with Gasteiger partial charge in [-0.05, 0) is 22.6 Å². The maximum atomic E-state index is 13.2. The average molecular weight is 385 g/mol.